The normalized spacial score (nSPS) is 12.5. The first-order chi connectivity index (χ1) is 14.4. The Labute approximate surface area is 182 Å². The number of rotatable bonds is 9. The van der Waals surface area contributed by atoms with Gasteiger partial charge in [-0.25, -0.2) is 0 Å². The molecule has 1 aromatic heterocycles. The topological polar surface area (TPSA) is 77.5 Å². The molecule has 1 heterocycles. The number of nitrogens with two attached hydrogens (primary N) is 1. The summed E-state index contributed by atoms with van der Waals surface area (Å²) in [6.45, 7) is 5.57. The molecule has 0 spiro atoms. The highest BCUT2D eigenvalue weighted by molar-refractivity contribution is 6.31. The zero-order valence-electron chi connectivity index (χ0n) is 17.7. The molecule has 3 aromatic rings. The Morgan fingerprint density at radius 3 is 2.70 bits per heavy atom. The van der Waals surface area contributed by atoms with Crippen molar-refractivity contribution in [1.29, 1.82) is 0 Å². The van der Waals surface area contributed by atoms with Gasteiger partial charge in [0, 0.05) is 23.1 Å². The van der Waals surface area contributed by atoms with Crippen LogP contribution in [0.5, 0.6) is 5.75 Å². The van der Waals surface area contributed by atoms with Gasteiger partial charge in [-0.2, -0.15) is 0 Å². The fraction of sp³-hybridized carbons (Fsp3) is 0.375. The van der Waals surface area contributed by atoms with Crippen LogP contribution in [0.3, 0.4) is 0 Å². The van der Waals surface area contributed by atoms with Gasteiger partial charge in [0.1, 0.15) is 17.1 Å². The number of fused-ring (bicyclic) bond motifs is 1. The third-order valence-corrected chi connectivity index (χ3v) is 5.42. The summed E-state index contributed by atoms with van der Waals surface area (Å²) in [4.78, 5) is 13.5. The largest absolute Gasteiger partial charge is 0.497 e. The fourth-order valence-electron chi connectivity index (χ4n) is 3.62. The van der Waals surface area contributed by atoms with E-state index in [0.29, 0.717) is 40.3 Å². The minimum atomic E-state index is -0.117. The average molecular weight is 429 g/mol. The van der Waals surface area contributed by atoms with Gasteiger partial charge < -0.3 is 20.2 Å². The minimum absolute atomic E-state index is 0.0305. The van der Waals surface area contributed by atoms with Gasteiger partial charge in [0.2, 0.25) is 0 Å². The van der Waals surface area contributed by atoms with E-state index in [1.165, 1.54) is 0 Å². The van der Waals surface area contributed by atoms with Gasteiger partial charge >= 0.3 is 0 Å². The van der Waals surface area contributed by atoms with Crippen LogP contribution in [0.2, 0.25) is 5.02 Å². The van der Waals surface area contributed by atoms with Crippen molar-refractivity contribution in [3.8, 4) is 5.75 Å². The van der Waals surface area contributed by atoms with Crippen molar-refractivity contribution in [3.05, 3.63) is 74.6 Å². The van der Waals surface area contributed by atoms with Crippen LogP contribution in [0, 0.1) is 5.92 Å². The van der Waals surface area contributed by atoms with Crippen molar-refractivity contribution in [2.75, 3.05) is 20.2 Å². The van der Waals surface area contributed by atoms with Crippen LogP contribution in [-0.4, -0.2) is 20.2 Å². The summed E-state index contributed by atoms with van der Waals surface area (Å²) in [7, 11) is 1.63. The van der Waals surface area contributed by atoms with E-state index in [1.807, 2.05) is 24.3 Å². The second kappa shape index (κ2) is 10.1. The number of nitrogens with one attached hydrogen (secondary N) is 1. The molecule has 0 fully saturated rings. The molecule has 30 heavy (non-hydrogen) atoms. The molecule has 3 rings (SSSR count). The summed E-state index contributed by atoms with van der Waals surface area (Å²) in [6, 6.07) is 12.8. The lowest BCUT2D eigenvalue weighted by atomic mass is 9.93. The van der Waals surface area contributed by atoms with Gasteiger partial charge in [0.15, 0.2) is 5.43 Å². The van der Waals surface area contributed by atoms with Crippen LogP contribution < -0.4 is 21.2 Å². The maximum absolute atomic E-state index is 13.5. The first-order valence-corrected chi connectivity index (χ1v) is 10.6. The zero-order chi connectivity index (χ0) is 21.7. The summed E-state index contributed by atoms with van der Waals surface area (Å²) in [6.07, 6.45) is 1.30. The van der Waals surface area contributed by atoms with E-state index in [-0.39, 0.29) is 17.4 Å². The zero-order valence-corrected chi connectivity index (χ0v) is 18.5. The molecule has 1 unspecified atom stereocenters. The molecule has 0 aliphatic heterocycles. The fourth-order valence-corrected chi connectivity index (χ4v) is 3.78. The molecule has 0 amide bonds. The van der Waals surface area contributed by atoms with Gasteiger partial charge in [-0.3, -0.25) is 4.79 Å². The van der Waals surface area contributed by atoms with Gasteiger partial charge in [-0.1, -0.05) is 37.6 Å². The van der Waals surface area contributed by atoms with Crippen LogP contribution in [0.1, 0.15) is 43.2 Å². The number of methoxy groups -OCH3 is 1. The van der Waals surface area contributed by atoms with Crippen LogP contribution in [0.25, 0.3) is 11.0 Å². The number of hydrogen-bond acceptors (Lipinski definition) is 5. The van der Waals surface area contributed by atoms with Crippen molar-refractivity contribution in [3.63, 3.8) is 0 Å². The van der Waals surface area contributed by atoms with Gasteiger partial charge in [0.25, 0.3) is 0 Å². The van der Waals surface area contributed by atoms with E-state index in [4.69, 9.17) is 26.5 Å². The molecule has 2 aromatic carbocycles. The van der Waals surface area contributed by atoms with Crippen molar-refractivity contribution in [2.45, 2.75) is 32.7 Å². The molecular formula is C24H29ClN2O3. The lowest BCUT2D eigenvalue weighted by Crippen LogP contribution is -2.30. The van der Waals surface area contributed by atoms with Gasteiger partial charge in [-0.15, -0.1) is 0 Å². The first kappa shape index (κ1) is 22.3. The predicted octanol–water partition coefficient (Wildman–Crippen LogP) is 4.68. The highest BCUT2D eigenvalue weighted by Crippen LogP contribution is 2.30. The minimum Gasteiger partial charge on any atom is -0.497 e. The number of halogens is 1. The number of hydrogen-bond donors (Lipinski definition) is 2. The average Bonchev–Trinajstić information content (AvgIpc) is 2.73. The molecule has 0 radical (unpaired) electrons. The van der Waals surface area contributed by atoms with Crippen LogP contribution >= 0.6 is 11.6 Å². The van der Waals surface area contributed by atoms with E-state index < -0.39 is 0 Å². The molecule has 0 aliphatic rings. The summed E-state index contributed by atoms with van der Waals surface area (Å²) >= 11 is 6.17. The smallest absolute Gasteiger partial charge is 0.196 e. The first-order valence-electron chi connectivity index (χ1n) is 10.3. The number of benzene rings is 2. The van der Waals surface area contributed by atoms with E-state index in [1.54, 1.807) is 25.3 Å². The Morgan fingerprint density at radius 2 is 2.00 bits per heavy atom. The van der Waals surface area contributed by atoms with E-state index in [2.05, 4.69) is 19.2 Å². The molecular weight excluding hydrogens is 400 g/mol. The van der Waals surface area contributed by atoms with Crippen LogP contribution in [-0.2, 0) is 6.42 Å². The summed E-state index contributed by atoms with van der Waals surface area (Å²) in [5, 5.41) is 4.59. The molecule has 6 heteroatoms. The highest BCUT2D eigenvalue weighted by atomic mass is 35.5. The standard InChI is InChI=1S/C24H29ClN2O3/c1-15(2)22(27-11-5-10-26)24-20(13-16-6-4-7-18(12-16)29-3)23(28)19-9-8-17(25)14-21(19)30-24/h4,6-9,12,14-15,22,27H,5,10-11,13,26H2,1-3H3. The highest BCUT2D eigenvalue weighted by Gasteiger charge is 2.25. The van der Waals surface area contributed by atoms with Crippen molar-refractivity contribution < 1.29 is 9.15 Å². The third-order valence-electron chi connectivity index (χ3n) is 5.19. The Kier molecular flexibility index (Phi) is 7.53. The van der Waals surface area contributed by atoms with E-state index in [0.717, 1.165) is 24.3 Å². The predicted molar refractivity (Wildman–Crippen MR) is 123 cm³/mol. The molecule has 1 atom stereocenters. The summed E-state index contributed by atoms with van der Waals surface area (Å²) in [5.41, 5.74) is 7.77. The molecule has 160 valence electrons. The van der Waals surface area contributed by atoms with Crippen molar-refractivity contribution in [2.24, 2.45) is 11.7 Å². The van der Waals surface area contributed by atoms with Crippen molar-refractivity contribution >= 4 is 22.6 Å². The maximum atomic E-state index is 13.5. The summed E-state index contributed by atoms with van der Waals surface area (Å²) in [5.74, 6) is 1.63. The quantitative estimate of drug-likeness (QED) is 0.484. The Morgan fingerprint density at radius 1 is 1.20 bits per heavy atom. The Bertz CT molecular complexity index is 1060. The molecule has 0 aliphatic carbocycles. The Hall–Kier alpha value is -2.34. The monoisotopic (exact) mass is 428 g/mol. The molecule has 0 saturated carbocycles. The SMILES string of the molecule is COc1cccc(Cc2c(C(NCCCN)C(C)C)oc3cc(Cl)ccc3c2=O)c1. The van der Waals surface area contributed by atoms with Crippen LogP contribution in [0.15, 0.2) is 51.7 Å². The van der Waals surface area contributed by atoms with Gasteiger partial charge in [0.05, 0.1) is 18.5 Å². The summed E-state index contributed by atoms with van der Waals surface area (Å²) < 4.78 is 11.7. The lowest BCUT2D eigenvalue weighted by molar-refractivity contribution is 0.342. The lowest BCUT2D eigenvalue weighted by Gasteiger charge is -2.24. The second-order valence-electron chi connectivity index (χ2n) is 7.76. The maximum Gasteiger partial charge on any atom is 0.196 e. The molecule has 0 bridgehead atoms. The third kappa shape index (κ3) is 5.04. The van der Waals surface area contributed by atoms with E-state index >= 15 is 0 Å². The second-order valence-corrected chi connectivity index (χ2v) is 8.20. The number of ether oxygens (including phenoxy) is 1. The van der Waals surface area contributed by atoms with Gasteiger partial charge in [-0.05, 0) is 55.3 Å². The van der Waals surface area contributed by atoms with Crippen LogP contribution in [0.4, 0.5) is 0 Å². The van der Waals surface area contributed by atoms with E-state index in [9.17, 15) is 4.79 Å². The Balaban J connectivity index is 2.16. The molecule has 5 nitrogen and oxygen atoms in total. The molecule has 3 N–H and O–H groups in total. The molecule has 0 saturated heterocycles. The van der Waals surface area contributed by atoms with Crippen molar-refractivity contribution in [1.82, 2.24) is 5.32 Å².